The normalized spacial score (nSPS) is 24.0. The van der Waals surface area contributed by atoms with Crippen molar-refractivity contribution < 1.29 is 14.3 Å². The third-order valence-corrected chi connectivity index (χ3v) is 6.00. The molecule has 1 atom stereocenters. The van der Waals surface area contributed by atoms with E-state index in [0.717, 1.165) is 38.4 Å². The van der Waals surface area contributed by atoms with Crippen molar-refractivity contribution >= 4 is 11.6 Å². The molecule has 156 valence electrons. The second-order valence-corrected chi connectivity index (χ2v) is 8.61. The Balaban J connectivity index is 1.59. The number of rotatable bonds is 4. The van der Waals surface area contributed by atoms with Crippen molar-refractivity contribution in [1.29, 1.82) is 0 Å². The van der Waals surface area contributed by atoms with Crippen LogP contribution in [0, 0.1) is 11.7 Å². The molecule has 1 amide bonds. The van der Waals surface area contributed by atoms with E-state index >= 15 is 0 Å². The summed E-state index contributed by atoms with van der Waals surface area (Å²) in [7, 11) is 5.65. The van der Waals surface area contributed by atoms with Crippen LogP contribution in [0.2, 0.25) is 0 Å². The van der Waals surface area contributed by atoms with Gasteiger partial charge in [0.25, 0.3) is 0 Å². The van der Waals surface area contributed by atoms with Gasteiger partial charge in [-0.25, -0.2) is 4.39 Å². The number of hydrogen-bond acceptors (Lipinski definition) is 5. The standard InChI is InChI=1S/C21H33FN4O2/c1-23(2)20(27)17-14-24(3)12-13-25(15-17)16-21(28)8-10-26(11-9-21)19-6-4-18(22)5-7-19/h4-7,17,28H,8-16H2,1-3H3/t17-/m0/s1. The van der Waals surface area contributed by atoms with Gasteiger partial charge in [-0.1, -0.05) is 0 Å². The highest BCUT2D eigenvalue weighted by Crippen LogP contribution is 2.28. The number of β-amino-alcohol motifs (C(OH)–C–C–N with tert-alkyl or cyclic N) is 1. The number of benzene rings is 1. The molecule has 6 nitrogen and oxygen atoms in total. The van der Waals surface area contributed by atoms with Gasteiger partial charge in [-0.3, -0.25) is 9.69 Å². The van der Waals surface area contributed by atoms with Crippen molar-refractivity contribution in [3.8, 4) is 0 Å². The van der Waals surface area contributed by atoms with Crippen LogP contribution in [0.15, 0.2) is 24.3 Å². The number of nitrogens with zero attached hydrogens (tertiary/aromatic N) is 4. The van der Waals surface area contributed by atoms with E-state index in [-0.39, 0.29) is 17.6 Å². The summed E-state index contributed by atoms with van der Waals surface area (Å²) in [4.78, 5) is 20.8. The minimum Gasteiger partial charge on any atom is -0.388 e. The number of carbonyl (C=O) groups is 1. The smallest absolute Gasteiger partial charge is 0.227 e. The van der Waals surface area contributed by atoms with Crippen LogP contribution in [-0.2, 0) is 4.79 Å². The maximum Gasteiger partial charge on any atom is 0.227 e. The molecule has 0 spiro atoms. The van der Waals surface area contributed by atoms with Crippen LogP contribution in [0.3, 0.4) is 0 Å². The molecular formula is C21H33FN4O2. The Hall–Kier alpha value is -1.70. The summed E-state index contributed by atoms with van der Waals surface area (Å²) < 4.78 is 13.1. The summed E-state index contributed by atoms with van der Waals surface area (Å²) in [5.74, 6) is -0.146. The Morgan fingerprint density at radius 1 is 1.14 bits per heavy atom. The number of likely N-dealkylation sites (N-methyl/N-ethyl adjacent to an activating group) is 1. The molecule has 0 aromatic heterocycles. The van der Waals surface area contributed by atoms with Crippen molar-refractivity contribution in [2.45, 2.75) is 18.4 Å². The number of aliphatic hydroxyl groups is 1. The van der Waals surface area contributed by atoms with Crippen LogP contribution in [0.25, 0.3) is 0 Å². The number of hydrogen-bond donors (Lipinski definition) is 1. The zero-order valence-electron chi connectivity index (χ0n) is 17.3. The first-order valence-corrected chi connectivity index (χ1v) is 10.1. The molecule has 28 heavy (non-hydrogen) atoms. The molecule has 2 aliphatic heterocycles. The van der Waals surface area contributed by atoms with Crippen LogP contribution in [0.4, 0.5) is 10.1 Å². The van der Waals surface area contributed by atoms with Crippen LogP contribution >= 0.6 is 0 Å². The summed E-state index contributed by atoms with van der Waals surface area (Å²) in [6.45, 7) is 5.28. The molecule has 0 saturated carbocycles. The largest absolute Gasteiger partial charge is 0.388 e. The molecular weight excluding hydrogens is 359 g/mol. The van der Waals surface area contributed by atoms with Gasteiger partial charge in [-0.2, -0.15) is 0 Å². The predicted octanol–water partition coefficient (Wildman–Crippen LogP) is 1.11. The van der Waals surface area contributed by atoms with Gasteiger partial charge < -0.3 is 19.8 Å². The number of anilines is 1. The SMILES string of the molecule is CN1CCN(CC2(O)CCN(c3ccc(F)cc3)CC2)C[C@@H](C(=O)N(C)C)C1. The lowest BCUT2D eigenvalue weighted by Crippen LogP contribution is -2.52. The molecule has 1 aromatic rings. The van der Waals surface area contributed by atoms with E-state index in [1.54, 1.807) is 31.1 Å². The van der Waals surface area contributed by atoms with Gasteiger partial charge in [0.15, 0.2) is 0 Å². The van der Waals surface area contributed by atoms with Crippen molar-refractivity contribution in [3.63, 3.8) is 0 Å². The summed E-state index contributed by atoms with van der Waals surface area (Å²) >= 11 is 0. The molecule has 1 aromatic carbocycles. The highest BCUT2D eigenvalue weighted by atomic mass is 19.1. The summed E-state index contributed by atoms with van der Waals surface area (Å²) in [5, 5.41) is 11.2. The fourth-order valence-electron chi connectivity index (χ4n) is 4.31. The molecule has 0 unspecified atom stereocenters. The van der Waals surface area contributed by atoms with Crippen molar-refractivity contribution in [2.75, 3.05) is 71.9 Å². The molecule has 3 rings (SSSR count). The minimum atomic E-state index is -0.745. The van der Waals surface area contributed by atoms with Crippen molar-refractivity contribution in [1.82, 2.24) is 14.7 Å². The van der Waals surface area contributed by atoms with Crippen LogP contribution in [-0.4, -0.2) is 98.3 Å². The topological polar surface area (TPSA) is 50.3 Å². The second-order valence-electron chi connectivity index (χ2n) is 8.61. The van der Waals surface area contributed by atoms with E-state index in [0.29, 0.717) is 25.9 Å². The lowest BCUT2D eigenvalue weighted by atomic mass is 9.90. The predicted molar refractivity (Wildman–Crippen MR) is 109 cm³/mol. The van der Waals surface area contributed by atoms with E-state index in [2.05, 4.69) is 21.7 Å². The molecule has 2 heterocycles. The van der Waals surface area contributed by atoms with Crippen LogP contribution in [0.5, 0.6) is 0 Å². The molecule has 0 bridgehead atoms. The molecule has 2 fully saturated rings. The monoisotopic (exact) mass is 392 g/mol. The Kier molecular flexibility index (Phi) is 6.58. The second kappa shape index (κ2) is 8.76. The minimum absolute atomic E-state index is 0.0644. The van der Waals surface area contributed by atoms with Crippen molar-refractivity contribution in [3.05, 3.63) is 30.1 Å². The van der Waals surface area contributed by atoms with Crippen LogP contribution < -0.4 is 4.90 Å². The average molecular weight is 393 g/mol. The zero-order chi connectivity index (χ0) is 20.3. The number of halogens is 1. The third-order valence-electron chi connectivity index (χ3n) is 6.00. The maximum atomic E-state index is 13.1. The Bertz CT molecular complexity index is 659. The Morgan fingerprint density at radius 3 is 2.39 bits per heavy atom. The van der Waals surface area contributed by atoms with E-state index in [1.807, 2.05) is 0 Å². The zero-order valence-corrected chi connectivity index (χ0v) is 17.3. The van der Waals surface area contributed by atoms with Crippen LogP contribution in [0.1, 0.15) is 12.8 Å². The van der Waals surface area contributed by atoms with Gasteiger partial charge in [0, 0.05) is 65.6 Å². The number of amides is 1. The van der Waals surface area contributed by atoms with Gasteiger partial charge in [0.05, 0.1) is 11.5 Å². The highest BCUT2D eigenvalue weighted by Gasteiger charge is 2.36. The summed E-state index contributed by atoms with van der Waals surface area (Å²) in [6.07, 6.45) is 1.34. The van der Waals surface area contributed by atoms with Gasteiger partial charge in [0.2, 0.25) is 5.91 Å². The first-order chi connectivity index (χ1) is 13.3. The Labute approximate surface area is 167 Å². The molecule has 0 aliphatic carbocycles. The molecule has 1 N–H and O–H groups in total. The highest BCUT2D eigenvalue weighted by molar-refractivity contribution is 5.78. The number of piperidine rings is 1. The van der Waals surface area contributed by atoms with Crippen molar-refractivity contribution in [2.24, 2.45) is 5.92 Å². The lowest BCUT2D eigenvalue weighted by Gasteiger charge is -2.42. The average Bonchev–Trinajstić information content (AvgIpc) is 2.83. The maximum absolute atomic E-state index is 13.1. The first kappa shape index (κ1) is 21.0. The molecule has 0 radical (unpaired) electrons. The third kappa shape index (κ3) is 5.21. The summed E-state index contributed by atoms with van der Waals surface area (Å²) in [6, 6.07) is 6.54. The fraction of sp³-hybridized carbons (Fsp3) is 0.667. The lowest BCUT2D eigenvalue weighted by molar-refractivity contribution is -0.134. The van der Waals surface area contributed by atoms with Gasteiger partial charge >= 0.3 is 0 Å². The molecule has 2 aliphatic rings. The fourth-order valence-corrected chi connectivity index (χ4v) is 4.31. The number of carbonyl (C=O) groups excluding carboxylic acids is 1. The quantitative estimate of drug-likeness (QED) is 0.832. The molecule has 2 saturated heterocycles. The first-order valence-electron chi connectivity index (χ1n) is 10.1. The van der Waals surface area contributed by atoms with E-state index in [9.17, 15) is 14.3 Å². The Morgan fingerprint density at radius 2 is 1.79 bits per heavy atom. The van der Waals surface area contributed by atoms with E-state index in [1.165, 1.54) is 12.1 Å². The van der Waals surface area contributed by atoms with Gasteiger partial charge in [-0.05, 0) is 44.2 Å². The van der Waals surface area contributed by atoms with E-state index in [4.69, 9.17) is 0 Å². The summed E-state index contributed by atoms with van der Waals surface area (Å²) in [5.41, 5.74) is 0.252. The molecule has 7 heteroatoms. The van der Waals surface area contributed by atoms with E-state index < -0.39 is 5.60 Å². The van der Waals surface area contributed by atoms with Gasteiger partial charge in [-0.15, -0.1) is 0 Å². The van der Waals surface area contributed by atoms with Gasteiger partial charge in [0.1, 0.15) is 5.82 Å².